The molecular weight excluding hydrogens is 244 g/mol. The van der Waals surface area contributed by atoms with Crippen molar-refractivity contribution in [3.05, 3.63) is 0 Å². The predicted molar refractivity (Wildman–Crippen MR) is 75.1 cm³/mol. The van der Waals surface area contributed by atoms with Gasteiger partial charge in [-0.25, -0.2) is 0 Å². The highest BCUT2D eigenvalue weighted by atomic mass is 16.4. The third-order valence-corrected chi connectivity index (χ3v) is 3.92. The van der Waals surface area contributed by atoms with Crippen molar-refractivity contribution in [2.45, 2.75) is 32.6 Å². The van der Waals surface area contributed by atoms with Crippen LogP contribution in [0.25, 0.3) is 0 Å². The van der Waals surface area contributed by atoms with Crippen LogP contribution in [-0.4, -0.2) is 60.5 Å². The quantitative estimate of drug-likeness (QED) is 0.309. The van der Waals surface area contributed by atoms with E-state index < -0.39 is 5.41 Å². The molecular formula is C13H26N4O2. The number of oxime groups is 1. The van der Waals surface area contributed by atoms with E-state index in [1.54, 1.807) is 0 Å². The average molecular weight is 270 g/mol. The van der Waals surface area contributed by atoms with E-state index >= 15 is 0 Å². The molecule has 0 aromatic heterocycles. The number of carbonyl (C=O) groups excluding carboxylic acids is 1. The molecule has 0 saturated heterocycles. The molecule has 1 aliphatic carbocycles. The summed E-state index contributed by atoms with van der Waals surface area (Å²) in [7, 11) is 4.03. The summed E-state index contributed by atoms with van der Waals surface area (Å²) < 4.78 is 0. The normalized spacial score (nSPS) is 18.2. The minimum absolute atomic E-state index is 0.00954. The molecule has 0 aliphatic heterocycles. The Labute approximate surface area is 115 Å². The van der Waals surface area contributed by atoms with Crippen LogP contribution < -0.4 is 5.73 Å². The Morgan fingerprint density at radius 2 is 2.00 bits per heavy atom. The van der Waals surface area contributed by atoms with Crippen molar-refractivity contribution in [1.29, 1.82) is 0 Å². The highest BCUT2D eigenvalue weighted by Crippen LogP contribution is 2.42. The Morgan fingerprint density at radius 3 is 2.37 bits per heavy atom. The lowest BCUT2D eigenvalue weighted by atomic mass is 9.67. The van der Waals surface area contributed by atoms with Gasteiger partial charge in [0.1, 0.15) is 5.41 Å². The second-order valence-corrected chi connectivity index (χ2v) is 5.46. The third-order valence-electron chi connectivity index (χ3n) is 3.92. The van der Waals surface area contributed by atoms with Gasteiger partial charge in [0.25, 0.3) is 0 Å². The second kappa shape index (κ2) is 6.75. The minimum atomic E-state index is -0.747. The first-order chi connectivity index (χ1) is 8.97. The van der Waals surface area contributed by atoms with Crippen LogP contribution in [0.4, 0.5) is 0 Å². The number of hydrogen-bond acceptors (Lipinski definition) is 4. The number of hydrogen-bond donors (Lipinski definition) is 2. The molecule has 1 rings (SSSR count). The molecule has 0 atom stereocenters. The summed E-state index contributed by atoms with van der Waals surface area (Å²) in [6.07, 6.45) is 3.26. The van der Waals surface area contributed by atoms with E-state index in [-0.39, 0.29) is 11.7 Å². The van der Waals surface area contributed by atoms with Crippen molar-refractivity contribution in [2.75, 3.05) is 33.7 Å². The molecule has 6 nitrogen and oxygen atoms in total. The standard InChI is InChI=1S/C13H26N4O2/c1-4-17(10-6-9-16(2)3)12(18)13(7-5-8-13)11(14)15-19/h19H,4-10H2,1-3H3,(H2,14,15). The van der Waals surface area contributed by atoms with E-state index in [9.17, 15) is 4.79 Å². The molecule has 0 radical (unpaired) electrons. The SMILES string of the molecule is CCN(CCCN(C)C)C(=O)C1(C(N)=NO)CCC1. The third kappa shape index (κ3) is 3.37. The smallest absolute Gasteiger partial charge is 0.236 e. The fraction of sp³-hybridized carbons (Fsp3) is 0.846. The van der Waals surface area contributed by atoms with Crippen LogP contribution in [0.1, 0.15) is 32.6 Å². The first-order valence-corrected chi connectivity index (χ1v) is 6.90. The van der Waals surface area contributed by atoms with Crippen molar-refractivity contribution < 1.29 is 10.0 Å². The zero-order chi connectivity index (χ0) is 14.5. The summed E-state index contributed by atoms with van der Waals surface area (Å²) in [4.78, 5) is 16.5. The van der Waals surface area contributed by atoms with Crippen molar-refractivity contribution in [1.82, 2.24) is 9.80 Å². The fourth-order valence-electron chi connectivity index (χ4n) is 2.49. The average Bonchev–Trinajstić information content (AvgIpc) is 2.32. The van der Waals surface area contributed by atoms with Crippen molar-refractivity contribution in [3.63, 3.8) is 0 Å². The van der Waals surface area contributed by atoms with Gasteiger partial charge in [0, 0.05) is 13.1 Å². The summed E-state index contributed by atoms with van der Waals surface area (Å²) in [6.45, 7) is 4.28. The van der Waals surface area contributed by atoms with Gasteiger partial charge >= 0.3 is 0 Å². The van der Waals surface area contributed by atoms with Gasteiger partial charge in [0.05, 0.1) is 0 Å². The molecule has 1 aliphatic rings. The molecule has 1 fully saturated rings. The lowest BCUT2D eigenvalue weighted by molar-refractivity contribution is -0.142. The van der Waals surface area contributed by atoms with Crippen LogP contribution >= 0.6 is 0 Å². The lowest BCUT2D eigenvalue weighted by Crippen LogP contribution is -2.55. The van der Waals surface area contributed by atoms with E-state index in [1.807, 2.05) is 25.9 Å². The monoisotopic (exact) mass is 270 g/mol. The maximum atomic E-state index is 12.6. The van der Waals surface area contributed by atoms with Gasteiger partial charge in [-0.2, -0.15) is 0 Å². The van der Waals surface area contributed by atoms with Gasteiger partial charge < -0.3 is 20.7 Å². The van der Waals surface area contributed by atoms with Gasteiger partial charge in [0.15, 0.2) is 5.84 Å². The fourth-order valence-corrected chi connectivity index (χ4v) is 2.49. The Hall–Kier alpha value is -1.30. The van der Waals surface area contributed by atoms with Gasteiger partial charge in [-0.3, -0.25) is 4.79 Å². The molecule has 0 unspecified atom stereocenters. The number of nitrogens with two attached hydrogens (primary N) is 1. The molecule has 0 heterocycles. The summed E-state index contributed by atoms with van der Waals surface area (Å²) in [6, 6.07) is 0. The zero-order valence-corrected chi connectivity index (χ0v) is 12.2. The predicted octanol–water partition coefficient (Wildman–Crippen LogP) is 0.703. The van der Waals surface area contributed by atoms with Crippen LogP contribution in [-0.2, 0) is 4.79 Å². The molecule has 0 spiro atoms. The highest BCUT2D eigenvalue weighted by Gasteiger charge is 2.49. The first-order valence-electron chi connectivity index (χ1n) is 6.90. The molecule has 0 aromatic rings. The zero-order valence-electron chi connectivity index (χ0n) is 12.2. The topological polar surface area (TPSA) is 82.2 Å². The number of nitrogens with zero attached hydrogens (tertiary/aromatic N) is 3. The van der Waals surface area contributed by atoms with Gasteiger partial charge in [0.2, 0.25) is 5.91 Å². The van der Waals surface area contributed by atoms with E-state index in [0.717, 1.165) is 19.4 Å². The molecule has 1 amide bonds. The number of amidine groups is 1. The number of amides is 1. The highest BCUT2D eigenvalue weighted by molar-refractivity contribution is 6.07. The Morgan fingerprint density at radius 1 is 1.37 bits per heavy atom. The Kier molecular flexibility index (Phi) is 5.60. The molecule has 0 bridgehead atoms. The summed E-state index contributed by atoms with van der Waals surface area (Å²) >= 11 is 0. The van der Waals surface area contributed by atoms with E-state index in [2.05, 4.69) is 10.1 Å². The van der Waals surface area contributed by atoms with E-state index in [0.29, 0.717) is 25.9 Å². The molecule has 19 heavy (non-hydrogen) atoms. The van der Waals surface area contributed by atoms with Crippen LogP contribution in [0.2, 0.25) is 0 Å². The maximum absolute atomic E-state index is 12.6. The van der Waals surface area contributed by atoms with Gasteiger partial charge in [-0.1, -0.05) is 11.6 Å². The maximum Gasteiger partial charge on any atom is 0.236 e. The number of rotatable bonds is 7. The van der Waals surface area contributed by atoms with Crippen LogP contribution in [0.3, 0.4) is 0 Å². The lowest BCUT2D eigenvalue weighted by Gasteiger charge is -2.42. The Balaban J connectivity index is 2.66. The summed E-state index contributed by atoms with van der Waals surface area (Å²) in [5, 5.41) is 11.9. The van der Waals surface area contributed by atoms with Crippen molar-refractivity contribution >= 4 is 11.7 Å². The van der Waals surface area contributed by atoms with Crippen LogP contribution in [0.15, 0.2) is 5.16 Å². The molecule has 6 heteroatoms. The molecule has 3 N–H and O–H groups in total. The second-order valence-electron chi connectivity index (χ2n) is 5.46. The molecule has 1 saturated carbocycles. The van der Waals surface area contributed by atoms with E-state index in [1.165, 1.54) is 0 Å². The first kappa shape index (κ1) is 15.8. The summed E-state index contributed by atoms with van der Waals surface area (Å²) in [5.41, 5.74) is 4.98. The largest absolute Gasteiger partial charge is 0.409 e. The van der Waals surface area contributed by atoms with Crippen molar-refractivity contribution in [3.8, 4) is 0 Å². The number of carbonyl (C=O) groups is 1. The molecule has 110 valence electrons. The van der Waals surface area contributed by atoms with Gasteiger partial charge in [-0.15, -0.1) is 0 Å². The Bertz CT molecular complexity index is 338. The van der Waals surface area contributed by atoms with Crippen LogP contribution in [0, 0.1) is 5.41 Å². The van der Waals surface area contributed by atoms with Gasteiger partial charge in [-0.05, 0) is 46.8 Å². The van der Waals surface area contributed by atoms with Crippen LogP contribution in [0.5, 0.6) is 0 Å². The summed E-state index contributed by atoms with van der Waals surface area (Å²) in [5.74, 6) is 0.0742. The minimum Gasteiger partial charge on any atom is -0.409 e. The van der Waals surface area contributed by atoms with E-state index in [4.69, 9.17) is 10.9 Å². The van der Waals surface area contributed by atoms with Crippen molar-refractivity contribution in [2.24, 2.45) is 16.3 Å². The molecule has 0 aromatic carbocycles.